The summed E-state index contributed by atoms with van der Waals surface area (Å²) in [5, 5.41) is 20.0. The number of alkyl halides is 1. The lowest BCUT2D eigenvalue weighted by molar-refractivity contribution is 0.0181. The number of anilines is 1. The maximum Gasteiger partial charge on any atom is 0.289 e. The van der Waals surface area contributed by atoms with Gasteiger partial charge in [-0.05, 0) is 19.1 Å². The molecule has 3 aromatic heterocycles. The van der Waals surface area contributed by atoms with Crippen LogP contribution in [0.5, 0.6) is 11.5 Å². The van der Waals surface area contributed by atoms with Crippen LogP contribution in [0.4, 0.5) is 18.9 Å². The molecule has 1 unspecified atom stereocenters. The predicted octanol–water partition coefficient (Wildman–Crippen LogP) is 3.90. The van der Waals surface area contributed by atoms with Crippen LogP contribution in [0.1, 0.15) is 5.69 Å². The number of aliphatic imine (C=N–C) groups is 1. The summed E-state index contributed by atoms with van der Waals surface area (Å²) in [5.41, 5.74) is 0.571. The first kappa shape index (κ1) is 22.6. The van der Waals surface area contributed by atoms with Gasteiger partial charge in [0.15, 0.2) is 23.1 Å². The average Bonchev–Trinajstić information content (AvgIpc) is 3.28. The number of aromatic amines is 1. The fourth-order valence-electron chi connectivity index (χ4n) is 3.60. The van der Waals surface area contributed by atoms with Gasteiger partial charge in [0.2, 0.25) is 0 Å². The highest BCUT2D eigenvalue weighted by atomic mass is 19.1. The SMILES string of the molecule is Cc1cc(-c2c[nH]c3nccc(Oc4c(F)cc(NC5=NCC(F)(CO)CO5)cc4F)c23)cnn1. The summed E-state index contributed by atoms with van der Waals surface area (Å²) in [4.78, 5) is 11.1. The Balaban J connectivity index is 1.44. The van der Waals surface area contributed by atoms with Gasteiger partial charge in [-0.25, -0.2) is 23.1 Å². The van der Waals surface area contributed by atoms with Gasteiger partial charge in [0, 0.05) is 41.3 Å². The molecule has 3 N–H and O–H groups in total. The van der Waals surface area contributed by atoms with Crippen LogP contribution in [0.15, 0.2) is 47.8 Å². The molecule has 0 aliphatic carbocycles. The molecule has 4 heterocycles. The van der Waals surface area contributed by atoms with Crippen LogP contribution in [0.2, 0.25) is 0 Å². The van der Waals surface area contributed by atoms with Crippen molar-refractivity contribution in [1.29, 1.82) is 0 Å². The Labute approximate surface area is 196 Å². The van der Waals surface area contributed by atoms with Gasteiger partial charge < -0.3 is 24.9 Å². The smallest absolute Gasteiger partial charge is 0.289 e. The molecule has 1 aliphatic heterocycles. The molecule has 1 aromatic carbocycles. The maximum absolute atomic E-state index is 14.9. The molecule has 35 heavy (non-hydrogen) atoms. The van der Waals surface area contributed by atoms with Crippen molar-refractivity contribution < 1.29 is 27.8 Å². The Kier molecular flexibility index (Phi) is 5.73. The van der Waals surface area contributed by atoms with E-state index < -0.39 is 36.3 Å². The van der Waals surface area contributed by atoms with E-state index in [0.29, 0.717) is 22.3 Å². The van der Waals surface area contributed by atoms with Crippen LogP contribution in [0.3, 0.4) is 0 Å². The lowest BCUT2D eigenvalue weighted by Crippen LogP contribution is -2.43. The number of ether oxygens (including phenoxy) is 2. The van der Waals surface area contributed by atoms with Crippen molar-refractivity contribution in [2.24, 2.45) is 4.99 Å². The lowest BCUT2D eigenvalue weighted by atomic mass is 10.1. The van der Waals surface area contributed by atoms with Crippen LogP contribution in [-0.2, 0) is 4.74 Å². The molecule has 0 bridgehead atoms. The van der Waals surface area contributed by atoms with Gasteiger partial charge >= 0.3 is 0 Å². The Hall–Kier alpha value is -4.19. The second-order valence-electron chi connectivity index (χ2n) is 8.04. The molecular weight excluding hydrogens is 465 g/mol. The molecule has 180 valence electrons. The molecule has 0 spiro atoms. The number of aromatic nitrogens is 4. The number of aliphatic hydroxyl groups is 1. The summed E-state index contributed by atoms with van der Waals surface area (Å²) in [6.07, 6.45) is 4.72. The summed E-state index contributed by atoms with van der Waals surface area (Å²) in [6.45, 7) is 0.264. The summed E-state index contributed by atoms with van der Waals surface area (Å²) >= 11 is 0. The molecular formula is C23H19F3N6O3. The number of hydrogen-bond acceptors (Lipinski definition) is 8. The number of halogens is 3. The first-order chi connectivity index (χ1) is 16.8. The topological polar surface area (TPSA) is 118 Å². The molecule has 5 rings (SSSR count). The number of H-pyrrole nitrogens is 1. The Morgan fingerprint density at radius 2 is 2.06 bits per heavy atom. The standard InChI is InChI=1S/C23H19F3N6O3/c1-12-4-13(7-30-32-12)15-8-28-21-19(15)18(2-3-27-21)35-20-16(24)5-14(6-17(20)25)31-22-29-9-23(26,10-33)11-34-22/h2-8,33H,9-11H2,1H3,(H,27,28)(H,29,31). The van der Waals surface area contributed by atoms with Gasteiger partial charge in [0.1, 0.15) is 18.0 Å². The third kappa shape index (κ3) is 4.47. The number of aliphatic hydroxyl groups excluding tert-OH is 1. The van der Waals surface area contributed by atoms with Crippen molar-refractivity contribution >= 4 is 22.7 Å². The van der Waals surface area contributed by atoms with Crippen molar-refractivity contribution in [2.45, 2.75) is 12.6 Å². The molecule has 1 aliphatic rings. The number of hydrogen-bond donors (Lipinski definition) is 3. The minimum Gasteiger partial charge on any atom is -0.461 e. The molecule has 0 radical (unpaired) electrons. The maximum atomic E-state index is 14.9. The first-order valence-corrected chi connectivity index (χ1v) is 10.5. The zero-order valence-electron chi connectivity index (χ0n) is 18.3. The van der Waals surface area contributed by atoms with Gasteiger partial charge in [-0.2, -0.15) is 10.2 Å². The molecule has 0 amide bonds. The number of nitrogens with zero attached hydrogens (tertiary/aromatic N) is 4. The molecule has 0 fully saturated rings. The highest BCUT2D eigenvalue weighted by molar-refractivity contribution is 5.98. The van der Waals surface area contributed by atoms with E-state index >= 15 is 0 Å². The van der Waals surface area contributed by atoms with E-state index in [2.05, 4.69) is 30.5 Å². The zero-order valence-corrected chi connectivity index (χ0v) is 18.3. The van der Waals surface area contributed by atoms with Gasteiger partial charge in [-0.15, -0.1) is 0 Å². The van der Waals surface area contributed by atoms with E-state index in [1.54, 1.807) is 19.3 Å². The van der Waals surface area contributed by atoms with E-state index in [4.69, 9.17) is 14.6 Å². The first-order valence-electron chi connectivity index (χ1n) is 10.5. The summed E-state index contributed by atoms with van der Waals surface area (Å²) in [7, 11) is 0. The van der Waals surface area contributed by atoms with E-state index in [0.717, 1.165) is 17.7 Å². The van der Waals surface area contributed by atoms with E-state index in [1.807, 2.05) is 6.07 Å². The van der Waals surface area contributed by atoms with Crippen molar-refractivity contribution in [3.8, 4) is 22.6 Å². The van der Waals surface area contributed by atoms with Crippen LogP contribution >= 0.6 is 0 Å². The van der Waals surface area contributed by atoms with E-state index in [-0.39, 0.29) is 24.0 Å². The van der Waals surface area contributed by atoms with Crippen molar-refractivity contribution in [3.05, 3.63) is 60.2 Å². The molecule has 4 aromatic rings. The van der Waals surface area contributed by atoms with E-state index in [1.165, 1.54) is 12.3 Å². The second-order valence-corrected chi connectivity index (χ2v) is 8.04. The second kappa shape index (κ2) is 8.87. The molecule has 9 nitrogen and oxygen atoms in total. The number of nitrogens with one attached hydrogen (secondary N) is 2. The van der Waals surface area contributed by atoms with Crippen molar-refractivity contribution in [3.63, 3.8) is 0 Å². The molecule has 12 heteroatoms. The molecule has 0 saturated carbocycles. The summed E-state index contributed by atoms with van der Waals surface area (Å²) in [5.74, 6) is -2.40. The molecule has 0 saturated heterocycles. The van der Waals surface area contributed by atoms with Gasteiger partial charge in [-0.1, -0.05) is 0 Å². The minimum atomic E-state index is -1.99. The molecule has 1 atom stereocenters. The number of pyridine rings is 1. The quantitative estimate of drug-likeness (QED) is 0.393. The third-order valence-electron chi connectivity index (χ3n) is 5.34. The lowest BCUT2D eigenvalue weighted by Gasteiger charge is -2.26. The van der Waals surface area contributed by atoms with Gasteiger partial charge in [0.05, 0.1) is 30.4 Å². The summed E-state index contributed by atoms with van der Waals surface area (Å²) < 4.78 is 54.6. The zero-order chi connectivity index (χ0) is 24.6. The highest BCUT2D eigenvalue weighted by Gasteiger charge is 2.34. The number of fused-ring (bicyclic) bond motifs is 1. The minimum absolute atomic E-state index is 0.0120. The average molecular weight is 484 g/mol. The number of rotatable bonds is 5. The third-order valence-corrected chi connectivity index (χ3v) is 5.34. The fourth-order valence-corrected chi connectivity index (χ4v) is 3.60. The van der Waals surface area contributed by atoms with Crippen LogP contribution in [0.25, 0.3) is 22.2 Å². The fraction of sp³-hybridized carbons (Fsp3) is 0.217. The number of benzene rings is 1. The van der Waals surface area contributed by atoms with Crippen LogP contribution < -0.4 is 10.1 Å². The van der Waals surface area contributed by atoms with Crippen molar-refractivity contribution in [1.82, 2.24) is 20.2 Å². The highest BCUT2D eigenvalue weighted by Crippen LogP contribution is 2.38. The predicted molar refractivity (Wildman–Crippen MR) is 121 cm³/mol. The monoisotopic (exact) mass is 484 g/mol. The van der Waals surface area contributed by atoms with Gasteiger partial charge in [0.25, 0.3) is 6.02 Å². The largest absolute Gasteiger partial charge is 0.461 e. The Bertz CT molecular complexity index is 1420. The van der Waals surface area contributed by atoms with Gasteiger partial charge in [-0.3, -0.25) is 0 Å². The van der Waals surface area contributed by atoms with Crippen molar-refractivity contribution in [2.75, 3.05) is 25.1 Å². The van der Waals surface area contributed by atoms with Crippen LogP contribution in [0, 0.1) is 18.6 Å². The Morgan fingerprint density at radius 3 is 2.74 bits per heavy atom. The van der Waals surface area contributed by atoms with E-state index in [9.17, 15) is 13.2 Å². The summed E-state index contributed by atoms with van der Waals surface area (Å²) in [6, 6.07) is 5.20. The van der Waals surface area contributed by atoms with Crippen LogP contribution in [-0.4, -0.2) is 56.7 Å². The normalized spacial score (nSPS) is 17.7. The Morgan fingerprint density at radius 1 is 1.26 bits per heavy atom. The number of aryl methyl sites for hydroxylation is 1. The number of amidine groups is 1.